The van der Waals surface area contributed by atoms with Crippen LogP contribution in [0.3, 0.4) is 0 Å². The summed E-state index contributed by atoms with van der Waals surface area (Å²) in [6, 6.07) is 64.4. The van der Waals surface area contributed by atoms with Crippen LogP contribution >= 0.6 is 61.8 Å². The highest BCUT2D eigenvalue weighted by atomic mass is 79.9. The van der Waals surface area contributed by atoms with Gasteiger partial charge in [0.25, 0.3) is 0 Å². The Hall–Kier alpha value is -7.10. The van der Waals surface area contributed by atoms with E-state index >= 15 is 0 Å². The lowest BCUT2D eigenvalue weighted by atomic mass is 9.61. The molecule has 0 spiro atoms. The Kier molecular flexibility index (Phi) is 22.6. The zero-order valence-electron chi connectivity index (χ0n) is 73.7. The van der Waals surface area contributed by atoms with E-state index in [4.69, 9.17) is 28.9 Å². The van der Waals surface area contributed by atoms with Crippen molar-refractivity contribution in [3.63, 3.8) is 0 Å². The molecule has 2 saturated carbocycles. The minimum Gasteiger partial charge on any atom is -0.398 e. The topological polar surface area (TPSA) is 35.7 Å². The summed E-state index contributed by atoms with van der Waals surface area (Å²) in [6.07, 6.45) is 9.88. The predicted molar refractivity (Wildman–Crippen MR) is 510 cm³/mol. The smallest absolute Gasteiger partial charge is 0.0520 e. The Morgan fingerprint density at radius 2 is 0.737 bits per heavy atom. The molecule has 2 aromatic heterocycles. The van der Waals surface area contributed by atoms with Crippen molar-refractivity contribution in [3.05, 3.63) is 257 Å². The van der Waals surface area contributed by atoms with Gasteiger partial charge in [0.15, 0.2) is 0 Å². The number of anilines is 8. The fraction of sp³-hybridized carbons (Fsp3) is 0.429. The van der Waals surface area contributed by atoms with Crippen LogP contribution in [0.15, 0.2) is 174 Å². The van der Waals surface area contributed by atoms with Crippen LogP contribution in [0.2, 0.25) is 10.0 Å². The Bertz CT molecular complexity index is 5630. The van der Waals surface area contributed by atoms with Gasteiger partial charge in [-0.05, 0) is 276 Å². The number of halogens is 3. The van der Waals surface area contributed by atoms with Crippen LogP contribution in [0.1, 0.15) is 276 Å². The molecule has 4 nitrogen and oxygen atoms in total. The van der Waals surface area contributed by atoms with E-state index in [2.05, 4.69) is 381 Å². The molecule has 0 bridgehead atoms. The monoisotopic (exact) mass is 1660 g/mol. The van der Waals surface area contributed by atoms with Crippen molar-refractivity contribution in [2.24, 2.45) is 0 Å². The van der Waals surface area contributed by atoms with Crippen LogP contribution in [-0.4, -0.2) is 11.1 Å². The van der Waals surface area contributed by atoms with Crippen molar-refractivity contribution in [2.75, 3.05) is 20.4 Å². The minimum absolute atomic E-state index is 0.0257. The highest BCUT2D eigenvalue weighted by Crippen LogP contribution is 2.64. The van der Waals surface area contributed by atoms with E-state index in [1.165, 1.54) is 180 Å². The van der Waals surface area contributed by atoms with Crippen molar-refractivity contribution in [3.8, 4) is 0 Å². The van der Waals surface area contributed by atoms with Crippen LogP contribution in [0, 0.1) is 34.6 Å². The first-order valence-electron chi connectivity index (χ1n) is 41.8. The summed E-state index contributed by atoms with van der Waals surface area (Å²) in [5.74, 6) is 0. The van der Waals surface area contributed by atoms with Crippen molar-refractivity contribution in [1.29, 1.82) is 0 Å². The number of rotatable bonds is 5. The second-order valence-corrected chi connectivity index (χ2v) is 45.1. The van der Waals surface area contributed by atoms with Crippen molar-refractivity contribution < 1.29 is 0 Å². The number of hydrogen-bond acceptors (Lipinski definition) is 6. The molecule has 2 aliphatic carbocycles. The molecule has 9 heteroatoms. The Labute approximate surface area is 711 Å². The SMILES string of the molecule is CC(C)(C)c1ccc2c(c1)sc1ccc(Br)cc12.Cc1cc(C(C)(C)C)cc(C)c1N.Cc1cc(C(C)(C)C)cc(C)c1N(c1cc(Cl)cc(N2c3ccc(C(C)(C)C)cc3C3(C)CCCCC23C)c1)c1ccc2sc3cc(C(C)(C)C)ccc3c2c1.Cc1cc(Cl)cc(N2c3ccc(C(C)(C)C)cc3C3(C)CCCCC23C)c1. The van der Waals surface area contributed by atoms with Crippen LogP contribution in [0.4, 0.5) is 45.5 Å². The molecular weight excluding hydrogens is 1530 g/mol. The first-order chi connectivity index (χ1) is 52.9. The van der Waals surface area contributed by atoms with E-state index in [0.29, 0.717) is 0 Å². The molecule has 4 heterocycles. The van der Waals surface area contributed by atoms with Gasteiger partial charge in [0, 0.05) is 106 Å². The average Bonchev–Trinajstić information content (AvgIpc) is 1.65. The van der Waals surface area contributed by atoms with Gasteiger partial charge in [-0.15, -0.1) is 22.7 Å². The number of nitrogens with zero attached hydrogens (tertiary/aromatic N) is 3. The Morgan fingerprint density at radius 3 is 1.17 bits per heavy atom. The van der Waals surface area contributed by atoms with Crippen molar-refractivity contribution in [1.82, 2.24) is 0 Å². The average molecular weight is 1660 g/mol. The first-order valence-corrected chi connectivity index (χ1v) is 45.0. The third kappa shape index (κ3) is 15.9. The maximum absolute atomic E-state index is 7.34. The standard InChI is InChI=1S/C52H61ClN2S.C25H32ClN.C16H15BrS.C12H19N/c1-32-24-36(50(9,10)11)25-33(2)47(32)54(38-18-21-45-42(31-38)41-19-16-35(49(6,7)8)27-46(41)56-45)39-28-37(53)29-40(30-39)55-44-20-17-34(48(3,4)5)26-43(44)51(12)22-14-15-23-52(51,55)13;1-17-13-19(26)16-20(14-17)27-22-10-9-18(23(2,3)4)15-21(22)24(5)11-7-8-12-25(24,27)6;1-16(2,3)10-4-6-12-13-9-11(17)5-7-14(13)18-15(12)8-10;1-8-6-10(12(3,4)5)7-9(2)11(8)13/h16-21,24-31H,14-15,22-23H2,1-13H3;9-10,13-16H,7-8,11-12H2,1-6H3;4-9H,1-3H3;6-7H,13H2,1-5H3. The summed E-state index contributed by atoms with van der Waals surface area (Å²) in [5, 5.41) is 6.91. The van der Waals surface area contributed by atoms with Gasteiger partial charge in [0.1, 0.15) is 0 Å². The zero-order valence-corrected chi connectivity index (χ0v) is 78.4. The lowest BCUT2D eigenvalue weighted by Crippen LogP contribution is -2.54. The van der Waals surface area contributed by atoms with Gasteiger partial charge in [0.2, 0.25) is 0 Å². The molecule has 2 N–H and O–H groups in total. The van der Waals surface area contributed by atoms with E-state index in [1.54, 1.807) is 0 Å². The third-order valence-corrected chi connectivity index (χ3v) is 29.7. The molecule has 0 saturated heterocycles. The molecule has 0 amide bonds. The predicted octanol–water partition coefficient (Wildman–Crippen LogP) is 33.4. The van der Waals surface area contributed by atoms with Crippen LogP contribution in [0.5, 0.6) is 0 Å². The van der Waals surface area contributed by atoms with Gasteiger partial charge in [-0.25, -0.2) is 0 Å². The second-order valence-electron chi connectivity index (χ2n) is 41.2. The van der Waals surface area contributed by atoms with Gasteiger partial charge in [-0.3, -0.25) is 0 Å². The molecule has 4 unspecified atom stereocenters. The first kappa shape index (κ1) is 84.8. The number of thiophene rings is 2. The normalized spacial score (nSPS) is 19.7. The van der Waals surface area contributed by atoms with E-state index in [-0.39, 0.29) is 54.4 Å². The molecule has 2 aliphatic heterocycles. The highest BCUT2D eigenvalue weighted by molar-refractivity contribution is 9.10. The van der Waals surface area contributed by atoms with E-state index in [0.717, 1.165) is 43.7 Å². The van der Waals surface area contributed by atoms with E-state index < -0.39 is 0 Å². The minimum atomic E-state index is -0.0858. The van der Waals surface area contributed by atoms with Gasteiger partial charge in [-0.2, -0.15) is 0 Å². The summed E-state index contributed by atoms with van der Waals surface area (Å²) in [5.41, 5.74) is 33.8. The van der Waals surface area contributed by atoms with Crippen LogP contribution in [-0.2, 0) is 43.3 Å². The molecule has 10 aromatic carbocycles. The second kappa shape index (κ2) is 30.4. The van der Waals surface area contributed by atoms with Gasteiger partial charge in [-0.1, -0.05) is 276 Å². The lowest BCUT2D eigenvalue weighted by Gasteiger charge is -2.50. The van der Waals surface area contributed by atoms with E-state index in [1.807, 2.05) is 28.7 Å². The molecule has 114 heavy (non-hydrogen) atoms. The largest absolute Gasteiger partial charge is 0.398 e. The van der Waals surface area contributed by atoms with Crippen molar-refractivity contribution in [2.45, 2.75) is 293 Å². The molecule has 12 aromatic rings. The summed E-state index contributed by atoms with van der Waals surface area (Å²) in [7, 11) is 0. The fourth-order valence-corrected chi connectivity index (χ4v) is 22.1. The van der Waals surface area contributed by atoms with Gasteiger partial charge in [0.05, 0.1) is 16.8 Å². The number of benzene rings is 10. The quantitative estimate of drug-likeness (QED) is 0.174. The Morgan fingerprint density at radius 1 is 0.360 bits per heavy atom. The fourth-order valence-electron chi connectivity index (χ4n) is 19.0. The maximum Gasteiger partial charge on any atom is 0.0520 e. The van der Waals surface area contributed by atoms with Crippen LogP contribution in [0.25, 0.3) is 40.3 Å². The zero-order chi connectivity index (χ0) is 83.1. The number of nitrogen functional groups attached to an aromatic ring is 1. The van der Waals surface area contributed by atoms with E-state index in [9.17, 15) is 0 Å². The molecule has 4 aliphatic rings. The lowest BCUT2D eigenvalue weighted by molar-refractivity contribution is 0.194. The maximum atomic E-state index is 7.34. The summed E-state index contributed by atoms with van der Waals surface area (Å²) in [4.78, 5) is 7.76. The van der Waals surface area contributed by atoms with Gasteiger partial charge >= 0.3 is 0 Å². The highest BCUT2D eigenvalue weighted by Gasteiger charge is 2.59. The molecule has 2 fully saturated rings. The van der Waals surface area contributed by atoms with Gasteiger partial charge < -0.3 is 20.4 Å². The number of nitrogens with two attached hydrogens (primary N) is 1. The number of hydrogen-bond donors (Lipinski definition) is 1. The molecule has 0 radical (unpaired) electrons. The molecule has 16 rings (SSSR count). The third-order valence-electron chi connectivity index (χ3n) is 26.5. The molecular formula is C105H127BrCl2N4S2. The summed E-state index contributed by atoms with van der Waals surface area (Å²) in [6.45, 7) is 62.0. The molecule has 4 atom stereocenters. The summed E-state index contributed by atoms with van der Waals surface area (Å²) < 4.78 is 6.55. The molecule has 600 valence electrons. The number of fused-ring (bicyclic) bond motifs is 12. The Balaban J connectivity index is 0.000000159. The number of aryl methyl sites for hydroxylation is 5. The van der Waals surface area contributed by atoms with Crippen LogP contribution < -0.4 is 20.4 Å². The van der Waals surface area contributed by atoms with Crippen molar-refractivity contribution >= 4 is 148 Å². The summed E-state index contributed by atoms with van der Waals surface area (Å²) >= 11 is 21.1.